The number of rotatable bonds is 6. The van der Waals surface area contributed by atoms with Gasteiger partial charge in [0.2, 0.25) is 5.88 Å². The lowest BCUT2D eigenvalue weighted by Crippen LogP contribution is -2.07. The van der Waals surface area contributed by atoms with Gasteiger partial charge in [0.1, 0.15) is 5.75 Å². The molecular formula is C18H21NO3. The van der Waals surface area contributed by atoms with Crippen LogP contribution >= 0.6 is 0 Å². The molecule has 0 bridgehead atoms. The smallest absolute Gasteiger partial charge is 0.310 e. The van der Waals surface area contributed by atoms with Gasteiger partial charge in [-0.05, 0) is 42.5 Å². The monoisotopic (exact) mass is 299 g/mol. The van der Waals surface area contributed by atoms with Gasteiger partial charge in [0.05, 0.1) is 5.92 Å². The predicted octanol–water partition coefficient (Wildman–Crippen LogP) is 4.26. The van der Waals surface area contributed by atoms with Gasteiger partial charge < -0.3 is 9.84 Å². The van der Waals surface area contributed by atoms with Crippen LogP contribution in [0.4, 0.5) is 0 Å². The SMILES string of the molecule is CC(C)Cc1ccc(Oc2ccc(C(C)C(=O)O)cn2)cc1. The van der Waals surface area contributed by atoms with Gasteiger partial charge >= 0.3 is 5.97 Å². The second-order valence-corrected chi connectivity index (χ2v) is 5.83. The summed E-state index contributed by atoms with van der Waals surface area (Å²) in [6.07, 6.45) is 2.58. The first kappa shape index (κ1) is 16.0. The summed E-state index contributed by atoms with van der Waals surface area (Å²) in [7, 11) is 0. The molecule has 1 unspecified atom stereocenters. The quantitative estimate of drug-likeness (QED) is 0.865. The Morgan fingerprint density at radius 1 is 1.14 bits per heavy atom. The zero-order chi connectivity index (χ0) is 16.1. The highest BCUT2D eigenvalue weighted by Crippen LogP contribution is 2.22. The van der Waals surface area contributed by atoms with Crippen molar-refractivity contribution >= 4 is 5.97 Å². The van der Waals surface area contributed by atoms with Crippen molar-refractivity contribution in [1.82, 2.24) is 4.98 Å². The van der Waals surface area contributed by atoms with Crippen molar-refractivity contribution in [3.05, 3.63) is 53.7 Å². The van der Waals surface area contributed by atoms with Crippen LogP contribution in [0.25, 0.3) is 0 Å². The molecule has 0 radical (unpaired) electrons. The van der Waals surface area contributed by atoms with Crippen molar-refractivity contribution in [3.8, 4) is 11.6 Å². The summed E-state index contributed by atoms with van der Waals surface area (Å²) in [5.74, 6) is 0.363. The topological polar surface area (TPSA) is 59.4 Å². The number of ether oxygens (including phenoxy) is 1. The number of carboxylic acid groups (broad SMARTS) is 1. The Bertz CT molecular complexity index is 618. The summed E-state index contributed by atoms with van der Waals surface area (Å²) in [6.45, 7) is 6.01. The first-order valence-electron chi connectivity index (χ1n) is 7.41. The van der Waals surface area contributed by atoms with E-state index in [-0.39, 0.29) is 0 Å². The summed E-state index contributed by atoms with van der Waals surface area (Å²) < 4.78 is 5.67. The van der Waals surface area contributed by atoms with Crippen LogP contribution in [-0.2, 0) is 11.2 Å². The number of aliphatic carboxylic acids is 1. The van der Waals surface area contributed by atoms with Gasteiger partial charge in [-0.3, -0.25) is 4.79 Å². The molecule has 2 aromatic rings. The average Bonchev–Trinajstić information content (AvgIpc) is 2.49. The molecule has 0 aliphatic carbocycles. The number of hydrogen-bond donors (Lipinski definition) is 1. The maximum absolute atomic E-state index is 10.9. The van der Waals surface area contributed by atoms with Gasteiger partial charge in [0.25, 0.3) is 0 Å². The molecule has 0 aliphatic rings. The largest absolute Gasteiger partial charge is 0.481 e. The third-order valence-corrected chi connectivity index (χ3v) is 3.42. The lowest BCUT2D eigenvalue weighted by Gasteiger charge is -2.09. The fraction of sp³-hybridized carbons (Fsp3) is 0.333. The molecule has 2 rings (SSSR count). The van der Waals surface area contributed by atoms with E-state index < -0.39 is 11.9 Å². The maximum atomic E-state index is 10.9. The van der Waals surface area contributed by atoms with Gasteiger partial charge in [0, 0.05) is 12.3 Å². The molecule has 0 amide bonds. The van der Waals surface area contributed by atoms with E-state index in [2.05, 4.69) is 31.0 Å². The summed E-state index contributed by atoms with van der Waals surface area (Å²) in [4.78, 5) is 15.1. The fourth-order valence-electron chi connectivity index (χ4n) is 2.14. The molecule has 116 valence electrons. The Morgan fingerprint density at radius 2 is 1.82 bits per heavy atom. The highest BCUT2D eigenvalue weighted by atomic mass is 16.5. The standard InChI is InChI=1S/C18H21NO3/c1-12(2)10-14-4-7-16(8-5-14)22-17-9-6-15(11-19-17)13(3)18(20)21/h4-9,11-13H,10H2,1-3H3,(H,20,21). The average molecular weight is 299 g/mol. The minimum Gasteiger partial charge on any atom is -0.481 e. The van der Waals surface area contributed by atoms with E-state index in [1.54, 1.807) is 25.3 Å². The number of pyridine rings is 1. The first-order chi connectivity index (χ1) is 10.5. The molecule has 0 spiro atoms. The first-order valence-corrected chi connectivity index (χ1v) is 7.41. The molecule has 0 saturated carbocycles. The summed E-state index contributed by atoms with van der Waals surface area (Å²) in [6, 6.07) is 11.4. The van der Waals surface area contributed by atoms with Crippen molar-refractivity contribution in [2.75, 3.05) is 0 Å². The van der Waals surface area contributed by atoms with E-state index in [1.165, 1.54) is 5.56 Å². The van der Waals surface area contributed by atoms with Crippen LogP contribution in [0.15, 0.2) is 42.6 Å². The number of carboxylic acids is 1. The Morgan fingerprint density at radius 3 is 2.32 bits per heavy atom. The third-order valence-electron chi connectivity index (χ3n) is 3.42. The van der Waals surface area contributed by atoms with Crippen LogP contribution in [-0.4, -0.2) is 16.1 Å². The lowest BCUT2D eigenvalue weighted by atomic mass is 10.0. The van der Waals surface area contributed by atoms with Gasteiger partial charge in [-0.2, -0.15) is 0 Å². The molecule has 1 heterocycles. The van der Waals surface area contributed by atoms with Crippen LogP contribution in [0, 0.1) is 5.92 Å². The van der Waals surface area contributed by atoms with E-state index >= 15 is 0 Å². The Kier molecular flexibility index (Phi) is 5.15. The highest BCUT2D eigenvalue weighted by molar-refractivity contribution is 5.75. The molecule has 1 atom stereocenters. The van der Waals surface area contributed by atoms with Crippen LogP contribution in [0.5, 0.6) is 11.6 Å². The Labute approximate surface area is 130 Å². The fourth-order valence-corrected chi connectivity index (χ4v) is 2.14. The molecule has 1 aromatic carbocycles. The van der Waals surface area contributed by atoms with Crippen LogP contribution in [0.2, 0.25) is 0 Å². The molecule has 4 nitrogen and oxygen atoms in total. The molecule has 1 aromatic heterocycles. The molecule has 0 aliphatic heterocycles. The molecule has 22 heavy (non-hydrogen) atoms. The summed E-state index contributed by atoms with van der Waals surface area (Å²) in [5.41, 5.74) is 1.94. The predicted molar refractivity (Wildman–Crippen MR) is 85.3 cm³/mol. The van der Waals surface area contributed by atoms with E-state index in [4.69, 9.17) is 9.84 Å². The third kappa shape index (κ3) is 4.32. The van der Waals surface area contributed by atoms with Gasteiger partial charge in [-0.25, -0.2) is 4.98 Å². The molecule has 1 N–H and O–H groups in total. The van der Waals surface area contributed by atoms with Crippen molar-refractivity contribution in [3.63, 3.8) is 0 Å². The number of nitrogens with zero attached hydrogens (tertiary/aromatic N) is 1. The van der Waals surface area contributed by atoms with Crippen molar-refractivity contribution in [1.29, 1.82) is 0 Å². The second-order valence-electron chi connectivity index (χ2n) is 5.83. The highest BCUT2D eigenvalue weighted by Gasteiger charge is 2.13. The molecular weight excluding hydrogens is 278 g/mol. The van der Waals surface area contributed by atoms with E-state index in [1.807, 2.05) is 12.1 Å². The van der Waals surface area contributed by atoms with Crippen molar-refractivity contribution in [2.45, 2.75) is 33.1 Å². The molecule has 0 fully saturated rings. The summed E-state index contributed by atoms with van der Waals surface area (Å²) >= 11 is 0. The molecule has 0 saturated heterocycles. The lowest BCUT2D eigenvalue weighted by molar-refractivity contribution is -0.138. The Balaban J connectivity index is 2.03. The van der Waals surface area contributed by atoms with E-state index in [0.717, 1.165) is 12.2 Å². The normalized spacial score (nSPS) is 12.2. The van der Waals surface area contributed by atoms with Crippen molar-refractivity contribution < 1.29 is 14.6 Å². The number of carbonyl (C=O) groups is 1. The zero-order valence-corrected chi connectivity index (χ0v) is 13.1. The molecule has 4 heteroatoms. The number of hydrogen-bond acceptors (Lipinski definition) is 3. The Hall–Kier alpha value is -2.36. The van der Waals surface area contributed by atoms with Gasteiger partial charge in [0.15, 0.2) is 0 Å². The van der Waals surface area contributed by atoms with Crippen LogP contribution < -0.4 is 4.74 Å². The van der Waals surface area contributed by atoms with Gasteiger partial charge in [-0.1, -0.05) is 32.0 Å². The minimum absolute atomic E-state index is 0.456. The van der Waals surface area contributed by atoms with E-state index in [0.29, 0.717) is 17.4 Å². The second kappa shape index (κ2) is 7.07. The summed E-state index contributed by atoms with van der Waals surface area (Å²) in [5, 5.41) is 8.97. The minimum atomic E-state index is -0.865. The van der Waals surface area contributed by atoms with Gasteiger partial charge in [-0.15, -0.1) is 0 Å². The van der Waals surface area contributed by atoms with Crippen molar-refractivity contribution in [2.24, 2.45) is 5.92 Å². The zero-order valence-electron chi connectivity index (χ0n) is 13.1. The number of aromatic nitrogens is 1. The maximum Gasteiger partial charge on any atom is 0.310 e. The van der Waals surface area contributed by atoms with Crippen LogP contribution in [0.3, 0.4) is 0 Å². The number of benzene rings is 1. The van der Waals surface area contributed by atoms with Crippen LogP contribution in [0.1, 0.15) is 37.8 Å². The van der Waals surface area contributed by atoms with E-state index in [9.17, 15) is 4.79 Å².